The lowest BCUT2D eigenvalue weighted by atomic mass is 10.3. The van der Waals surface area contributed by atoms with Crippen LogP contribution in [0.15, 0.2) is 27.6 Å². The average Bonchev–Trinajstić information content (AvgIpc) is 2.41. The number of nitro groups is 1. The number of hydrogen-bond acceptors (Lipinski definition) is 6. The van der Waals surface area contributed by atoms with Crippen LogP contribution in [0, 0.1) is 10.1 Å². The number of likely N-dealkylation sites (N-methyl/N-ethyl adjacent to an activating group) is 1. The molecule has 1 aliphatic rings. The Morgan fingerprint density at radius 3 is 2.48 bits per heavy atom. The fourth-order valence-corrected chi connectivity index (χ4v) is 3.80. The first-order valence-corrected chi connectivity index (χ1v) is 8.47. The molecule has 1 aromatic rings. The molecule has 0 spiro atoms. The Morgan fingerprint density at radius 1 is 1.29 bits per heavy atom. The first kappa shape index (κ1) is 16.3. The Kier molecular flexibility index (Phi) is 4.94. The molecule has 116 valence electrons. The number of nitro benzene ring substituents is 1. The van der Waals surface area contributed by atoms with Gasteiger partial charge < -0.3 is 4.90 Å². The molecule has 2 rings (SSSR count). The minimum absolute atomic E-state index is 0.346. The Balaban J connectivity index is 2.27. The lowest BCUT2D eigenvalue weighted by Gasteiger charge is -2.32. The number of nitrogens with one attached hydrogen (secondary N) is 1. The number of nitrogens with zero attached hydrogens (tertiary/aromatic N) is 3. The number of rotatable bonds is 4. The van der Waals surface area contributed by atoms with E-state index in [1.54, 1.807) is 5.01 Å². The Hall–Kier alpha value is -1.07. The van der Waals surface area contributed by atoms with Crippen molar-refractivity contribution in [2.24, 2.45) is 0 Å². The van der Waals surface area contributed by atoms with Crippen LogP contribution < -0.4 is 4.83 Å². The van der Waals surface area contributed by atoms with E-state index in [1.165, 1.54) is 18.2 Å². The molecule has 0 unspecified atom stereocenters. The highest BCUT2D eigenvalue weighted by atomic mass is 79.9. The van der Waals surface area contributed by atoms with E-state index in [4.69, 9.17) is 0 Å². The third-order valence-corrected chi connectivity index (χ3v) is 5.06. The van der Waals surface area contributed by atoms with Crippen LogP contribution >= 0.6 is 15.9 Å². The summed E-state index contributed by atoms with van der Waals surface area (Å²) in [6, 6.07) is 3.84. The summed E-state index contributed by atoms with van der Waals surface area (Å²) in [4.78, 5) is 14.4. The van der Waals surface area contributed by atoms with Crippen LogP contribution in [0.1, 0.15) is 0 Å². The van der Waals surface area contributed by atoms with E-state index in [2.05, 4.69) is 25.7 Å². The molecular formula is C11H15BrN4O4S. The molecule has 1 fully saturated rings. The van der Waals surface area contributed by atoms with Gasteiger partial charge in [0.05, 0.1) is 4.92 Å². The van der Waals surface area contributed by atoms with E-state index in [0.717, 1.165) is 13.1 Å². The van der Waals surface area contributed by atoms with Crippen molar-refractivity contribution in [2.45, 2.75) is 4.90 Å². The Morgan fingerprint density at radius 2 is 1.90 bits per heavy atom. The molecule has 1 aliphatic heterocycles. The number of hydrogen-bond donors (Lipinski definition) is 1. The summed E-state index contributed by atoms with van der Waals surface area (Å²) < 4.78 is 25.2. The van der Waals surface area contributed by atoms with Crippen LogP contribution in [0.4, 0.5) is 5.69 Å². The molecule has 10 heteroatoms. The molecule has 1 N–H and O–H groups in total. The second-order valence-electron chi connectivity index (χ2n) is 4.75. The molecular weight excluding hydrogens is 364 g/mol. The number of sulfonamides is 1. The van der Waals surface area contributed by atoms with Crippen molar-refractivity contribution in [3.05, 3.63) is 32.8 Å². The Labute approximate surface area is 131 Å². The third kappa shape index (κ3) is 3.98. The van der Waals surface area contributed by atoms with Crippen LogP contribution in [-0.4, -0.2) is 56.5 Å². The highest BCUT2D eigenvalue weighted by Gasteiger charge is 2.28. The predicted octanol–water partition coefficient (Wildman–Crippen LogP) is 0.798. The van der Waals surface area contributed by atoms with E-state index < -0.39 is 20.6 Å². The maximum Gasteiger partial charge on any atom is 0.289 e. The van der Waals surface area contributed by atoms with E-state index in [9.17, 15) is 18.5 Å². The van der Waals surface area contributed by atoms with Crippen molar-refractivity contribution in [3.63, 3.8) is 0 Å². The van der Waals surface area contributed by atoms with Gasteiger partial charge in [-0.3, -0.25) is 10.1 Å². The predicted molar refractivity (Wildman–Crippen MR) is 80.2 cm³/mol. The van der Waals surface area contributed by atoms with Crippen LogP contribution in [0.2, 0.25) is 0 Å². The molecule has 0 aliphatic carbocycles. The van der Waals surface area contributed by atoms with Gasteiger partial charge in [-0.05, 0) is 19.2 Å². The van der Waals surface area contributed by atoms with Crippen molar-refractivity contribution in [2.75, 3.05) is 33.2 Å². The van der Waals surface area contributed by atoms with Crippen LogP contribution in [0.5, 0.6) is 0 Å². The second kappa shape index (κ2) is 6.36. The smallest absolute Gasteiger partial charge is 0.289 e. The van der Waals surface area contributed by atoms with Crippen LogP contribution in [-0.2, 0) is 10.0 Å². The van der Waals surface area contributed by atoms with Crippen molar-refractivity contribution < 1.29 is 13.3 Å². The van der Waals surface area contributed by atoms with E-state index >= 15 is 0 Å². The molecule has 1 heterocycles. The normalized spacial score (nSPS) is 17.8. The van der Waals surface area contributed by atoms with E-state index in [0.29, 0.717) is 17.6 Å². The van der Waals surface area contributed by atoms with Gasteiger partial charge in [-0.15, -0.1) is 4.83 Å². The highest BCUT2D eigenvalue weighted by Crippen LogP contribution is 2.27. The largest absolute Gasteiger partial charge is 0.304 e. The van der Waals surface area contributed by atoms with Gasteiger partial charge >= 0.3 is 0 Å². The van der Waals surface area contributed by atoms with Gasteiger partial charge in [-0.25, -0.2) is 13.4 Å². The Bertz CT molecular complexity index is 644. The quantitative estimate of drug-likeness (QED) is 0.614. The monoisotopic (exact) mass is 378 g/mol. The molecule has 21 heavy (non-hydrogen) atoms. The fourth-order valence-electron chi connectivity index (χ4n) is 1.97. The van der Waals surface area contributed by atoms with Gasteiger partial charge in [0.25, 0.3) is 15.7 Å². The van der Waals surface area contributed by atoms with Crippen molar-refractivity contribution >= 4 is 31.6 Å². The van der Waals surface area contributed by atoms with Gasteiger partial charge in [0.1, 0.15) is 0 Å². The number of halogens is 1. The van der Waals surface area contributed by atoms with Crippen molar-refractivity contribution in [3.8, 4) is 0 Å². The van der Waals surface area contributed by atoms with Gasteiger partial charge in [0, 0.05) is 36.7 Å². The number of hydrazine groups is 1. The molecule has 0 radical (unpaired) electrons. The van der Waals surface area contributed by atoms with Crippen LogP contribution in [0.25, 0.3) is 0 Å². The lowest BCUT2D eigenvalue weighted by Crippen LogP contribution is -2.52. The molecule has 1 saturated heterocycles. The van der Waals surface area contributed by atoms with Crippen LogP contribution in [0.3, 0.4) is 0 Å². The topological polar surface area (TPSA) is 95.8 Å². The van der Waals surface area contributed by atoms with Crippen molar-refractivity contribution in [1.82, 2.24) is 14.7 Å². The summed E-state index contributed by atoms with van der Waals surface area (Å²) in [6.45, 7) is 2.50. The first-order chi connectivity index (χ1) is 9.79. The van der Waals surface area contributed by atoms with Crippen molar-refractivity contribution in [1.29, 1.82) is 0 Å². The summed E-state index contributed by atoms with van der Waals surface area (Å²) >= 11 is 3.14. The van der Waals surface area contributed by atoms with Gasteiger partial charge in [0.2, 0.25) is 0 Å². The lowest BCUT2D eigenvalue weighted by molar-refractivity contribution is -0.387. The van der Waals surface area contributed by atoms with Gasteiger partial charge in [-0.2, -0.15) is 0 Å². The summed E-state index contributed by atoms with van der Waals surface area (Å²) in [7, 11) is -2.04. The molecule has 0 amide bonds. The summed E-state index contributed by atoms with van der Waals surface area (Å²) in [6.07, 6.45) is 0. The number of piperazine rings is 1. The molecule has 1 aromatic carbocycles. The minimum Gasteiger partial charge on any atom is -0.304 e. The zero-order valence-corrected chi connectivity index (χ0v) is 13.7. The highest BCUT2D eigenvalue weighted by molar-refractivity contribution is 9.10. The maximum absolute atomic E-state index is 12.4. The second-order valence-corrected chi connectivity index (χ2v) is 7.30. The SMILES string of the molecule is CN1CCN(NS(=O)(=O)c2cc(Br)ccc2[N+](=O)[O-])CC1. The summed E-state index contributed by atoms with van der Waals surface area (Å²) in [5, 5.41) is 12.5. The summed E-state index contributed by atoms with van der Waals surface area (Å²) in [5.74, 6) is 0. The zero-order chi connectivity index (χ0) is 15.6. The molecule has 8 nitrogen and oxygen atoms in total. The van der Waals surface area contributed by atoms with E-state index in [-0.39, 0.29) is 4.90 Å². The maximum atomic E-state index is 12.4. The zero-order valence-electron chi connectivity index (χ0n) is 11.3. The van der Waals surface area contributed by atoms with E-state index in [1.807, 2.05) is 7.05 Å². The average molecular weight is 379 g/mol. The minimum atomic E-state index is -3.99. The van der Waals surface area contributed by atoms with Gasteiger partial charge in [-0.1, -0.05) is 15.9 Å². The van der Waals surface area contributed by atoms with Gasteiger partial charge in [0.15, 0.2) is 4.90 Å². The standard InChI is InChI=1S/C11H15BrN4O4S/c1-14-4-6-15(7-5-14)13-21(19,20)11-8-9(12)2-3-10(11)16(17)18/h2-3,8,13H,4-7H2,1H3. The molecule has 0 saturated carbocycles. The number of benzene rings is 1. The fraction of sp³-hybridized carbons (Fsp3) is 0.455. The summed E-state index contributed by atoms with van der Waals surface area (Å²) in [5.41, 5.74) is -0.445. The molecule has 0 atom stereocenters. The molecule has 0 aromatic heterocycles. The third-order valence-electron chi connectivity index (χ3n) is 3.16. The molecule has 0 bridgehead atoms. The first-order valence-electron chi connectivity index (χ1n) is 6.19.